The van der Waals surface area contributed by atoms with E-state index in [1.165, 1.54) is 12.8 Å². The summed E-state index contributed by atoms with van der Waals surface area (Å²) in [4.78, 5) is 7.40. The van der Waals surface area contributed by atoms with Gasteiger partial charge in [0.05, 0.1) is 18.5 Å². The number of piperidine rings is 1. The highest BCUT2D eigenvalue weighted by molar-refractivity contribution is 5.82. The molecule has 156 valence electrons. The van der Waals surface area contributed by atoms with Gasteiger partial charge in [0, 0.05) is 13.1 Å². The Morgan fingerprint density at radius 1 is 1.10 bits per heavy atom. The summed E-state index contributed by atoms with van der Waals surface area (Å²) < 4.78 is 6.11. The highest BCUT2D eigenvalue weighted by Gasteiger charge is 2.20. The van der Waals surface area contributed by atoms with Crippen LogP contribution < -0.4 is 9.64 Å². The second-order valence-corrected chi connectivity index (χ2v) is 7.73. The Kier molecular flexibility index (Phi) is 7.44. The molecule has 0 radical (unpaired) electrons. The van der Waals surface area contributed by atoms with Gasteiger partial charge in [-0.3, -0.25) is 0 Å². The van der Waals surface area contributed by atoms with Gasteiger partial charge in [0.2, 0.25) is 0 Å². The fraction of sp³-hybridized carbons (Fsp3) is 0.522. The molecule has 1 aromatic heterocycles. The van der Waals surface area contributed by atoms with E-state index in [0.717, 1.165) is 60.1 Å². The number of hydrogen-bond acceptors (Lipinski definition) is 6. The van der Waals surface area contributed by atoms with E-state index in [1.807, 2.05) is 19.9 Å². The zero-order valence-corrected chi connectivity index (χ0v) is 18.0. The minimum atomic E-state index is 0.576. The van der Waals surface area contributed by atoms with Crippen LogP contribution in [0, 0.1) is 26.7 Å². The maximum absolute atomic E-state index is 6.11. The smallest absolute Gasteiger partial charge is 0.151 e. The average molecular weight is 397 g/mol. The lowest BCUT2D eigenvalue weighted by atomic mass is 9.94. The Morgan fingerprint density at radius 3 is 2.59 bits per heavy atom. The minimum absolute atomic E-state index is 0.576. The van der Waals surface area contributed by atoms with Crippen LogP contribution in [-0.2, 0) is 4.84 Å². The van der Waals surface area contributed by atoms with Gasteiger partial charge < -0.3 is 14.5 Å². The molecule has 0 N–H and O–H groups in total. The number of anilines is 1. The van der Waals surface area contributed by atoms with Crippen LogP contribution in [0.3, 0.4) is 0 Å². The van der Waals surface area contributed by atoms with Crippen LogP contribution in [0.1, 0.15) is 48.6 Å². The Balaban J connectivity index is 1.46. The van der Waals surface area contributed by atoms with E-state index in [9.17, 15) is 0 Å². The van der Waals surface area contributed by atoms with Gasteiger partial charge in [-0.1, -0.05) is 5.16 Å². The molecule has 1 aliphatic heterocycles. The number of oxime groups is 1. The monoisotopic (exact) mass is 396 g/mol. The second kappa shape index (κ2) is 10.2. The SMILES string of the molecule is CCON=Cc1cc(C)c(OCCC2CCN(c3ccc(C)nn3)CC2)cc1C. The predicted molar refractivity (Wildman–Crippen MR) is 117 cm³/mol. The molecule has 2 heterocycles. The summed E-state index contributed by atoms with van der Waals surface area (Å²) in [5.41, 5.74) is 4.29. The summed E-state index contributed by atoms with van der Waals surface area (Å²) in [5, 5.41) is 12.5. The molecule has 0 bridgehead atoms. The molecular formula is C23H32N4O2. The number of aryl methyl sites for hydroxylation is 3. The highest BCUT2D eigenvalue weighted by atomic mass is 16.6. The molecule has 0 atom stereocenters. The Hall–Kier alpha value is -2.63. The van der Waals surface area contributed by atoms with Crippen molar-refractivity contribution in [2.45, 2.75) is 47.0 Å². The number of benzene rings is 1. The lowest BCUT2D eigenvalue weighted by Crippen LogP contribution is -2.34. The van der Waals surface area contributed by atoms with Crippen molar-refractivity contribution < 1.29 is 9.57 Å². The van der Waals surface area contributed by atoms with E-state index in [-0.39, 0.29) is 0 Å². The zero-order chi connectivity index (χ0) is 20.6. The molecule has 1 aliphatic rings. The molecule has 6 nitrogen and oxygen atoms in total. The third kappa shape index (κ3) is 5.92. The number of nitrogens with zero attached hydrogens (tertiary/aromatic N) is 4. The third-order valence-electron chi connectivity index (χ3n) is 5.47. The molecule has 1 fully saturated rings. The van der Waals surface area contributed by atoms with E-state index in [2.05, 4.69) is 52.3 Å². The first kappa shape index (κ1) is 21.1. The molecule has 1 saturated heterocycles. The van der Waals surface area contributed by atoms with Crippen LogP contribution in [0.5, 0.6) is 5.75 Å². The van der Waals surface area contributed by atoms with Gasteiger partial charge in [-0.05, 0) is 93.8 Å². The summed E-state index contributed by atoms with van der Waals surface area (Å²) in [5.74, 6) is 2.65. The van der Waals surface area contributed by atoms with Crippen LogP contribution in [0.2, 0.25) is 0 Å². The first-order valence-corrected chi connectivity index (χ1v) is 10.5. The third-order valence-corrected chi connectivity index (χ3v) is 5.47. The summed E-state index contributed by atoms with van der Waals surface area (Å²) in [6, 6.07) is 8.30. The number of aromatic nitrogens is 2. The van der Waals surface area contributed by atoms with Crippen molar-refractivity contribution in [3.63, 3.8) is 0 Å². The normalized spacial score (nSPS) is 15.1. The van der Waals surface area contributed by atoms with Crippen LogP contribution in [-0.4, -0.2) is 42.7 Å². The van der Waals surface area contributed by atoms with E-state index in [4.69, 9.17) is 9.57 Å². The number of ether oxygens (including phenoxy) is 1. The van der Waals surface area contributed by atoms with Gasteiger partial charge in [0.25, 0.3) is 0 Å². The molecule has 29 heavy (non-hydrogen) atoms. The molecule has 0 spiro atoms. The molecule has 2 aromatic rings. The summed E-state index contributed by atoms with van der Waals surface area (Å²) >= 11 is 0. The van der Waals surface area contributed by atoms with Gasteiger partial charge in [-0.15, -0.1) is 5.10 Å². The quantitative estimate of drug-likeness (QED) is 0.487. The fourth-order valence-corrected chi connectivity index (χ4v) is 3.62. The second-order valence-electron chi connectivity index (χ2n) is 7.73. The summed E-state index contributed by atoms with van der Waals surface area (Å²) in [6.45, 7) is 11.4. The molecule has 0 amide bonds. The lowest BCUT2D eigenvalue weighted by molar-refractivity contribution is 0.160. The van der Waals surface area contributed by atoms with Crippen LogP contribution >= 0.6 is 0 Å². The molecular weight excluding hydrogens is 364 g/mol. The van der Waals surface area contributed by atoms with Gasteiger partial charge in [0.15, 0.2) is 5.82 Å². The molecule has 1 aromatic carbocycles. The van der Waals surface area contributed by atoms with Crippen LogP contribution in [0.4, 0.5) is 5.82 Å². The van der Waals surface area contributed by atoms with Crippen molar-refractivity contribution in [3.8, 4) is 5.75 Å². The van der Waals surface area contributed by atoms with E-state index in [1.54, 1.807) is 6.21 Å². The Labute approximate surface area is 173 Å². The fourth-order valence-electron chi connectivity index (χ4n) is 3.62. The van der Waals surface area contributed by atoms with Gasteiger partial charge in [0.1, 0.15) is 12.4 Å². The van der Waals surface area contributed by atoms with Crippen molar-refractivity contribution in [1.29, 1.82) is 0 Å². The number of hydrogen-bond donors (Lipinski definition) is 0. The Morgan fingerprint density at radius 2 is 1.90 bits per heavy atom. The first-order chi connectivity index (χ1) is 14.1. The van der Waals surface area contributed by atoms with Crippen molar-refractivity contribution in [2.24, 2.45) is 11.1 Å². The molecule has 3 rings (SSSR count). The lowest BCUT2D eigenvalue weighted by Gasteiger charge is -2.32. The van der Waals surface area contributed by atoms with Gasteiger partial charge in [-0.2, -0.15) is 5.10 Å². The van der Waals surface area contributed by atoms with Crippen molar-refractivity contribution in [2.75, 3.05) is 31.2 Å². The summed E-state index contributed by atoms with van der Waals surface area (Å²) in [6.07, 6.45) is 5.19. The molecule has 6 heteroatoms. The molecule has 0 unspecified atom stereocenters. The average Bonchev–Trinajstić information content (AvgIpc) is 2.72. The zero-order valence-electron chi connectivity index (χ0n) is 18.0. The van der Waals surface area contributed by atoms with Crippen molar-refractivity contribution in [3.05, 3.63) is 46.6 Å². The molecule has 0 saturated carbocycles. The van der Waals surface area contributed by atoms with Crippen LogP contribution in [0.25, 0.3) is 0 Å². The van der Waals surface area contributed by atoms with Crippen LogP contribution in [0.15, 0.2) is 29.4 Å². The molecule has 0 aliphatic carbocycles. The maximum Gasteiger partial charge on any atom is 0.151 e. The van der Waals surface area contributed by atoms with E-state index >= 15 is 0 Å². The van der Waals surface area contributed by atoms with Gasteiger partial charge in [-0.25, -0.2) is 0 Å². The minimum Gasteiger partial charge on any atom is -0.493 e. The van der Waals surface area contributed by atoms with Crippen molar-refractivity contribution in [1.82, 2.24) is 10.2 Å². The standard InChI is InChI=1S/C23H32N4O2/c1-5-29-24-16-21-14-18(3)22(15-17(21)2)28-13-10-20-8-11-27(12-9-20)23-7-6-19(4)25-26-23/h6-7,14-16,20H,5,8-13H2,1-4H3. The Bertz CT molecular complexity index is 812. The van der Waals surface area contributed by atoms with E-state index < -0.39 is 0 Å². The first-order valence-electron chi connectivity index (χ1n) is 10.5. The summed E-state index contributed by atoms with van der Waals surface area (Å²) in [7, 11) is 0. The van der Waals surface area contributed by atoms with E-state index in [0.29, 0.717) is 12.5 Å². The predicted octanol–water partition coefficient (Wildman–Crippen LogP) is 4.46. The van der Waals surface area contributed by atoms with Gasteiger partial charge >= 0.3 is 0 Å². The highest BCUT2D eigenvalue weighted by Crippen LogP contribution is 2.26. The topological polar surface area (TPSA) is 59.8 Å². The van der Waals surface area contributed by atoms with Crippen molar-refractivity contribution >= 4 is 12.0 Å². The number of rotatable bonds is 8. The largest absolute Gasteiger partial charge is 0.493 e. The maximum atomic E-state index is 6.11.